The number of benzene rings is 1. The molecule has 1 aliphatic rings. The van der Waals surface area contributed by atoms with Gasteiger partial charge in [-0.15, -0.1) is 11.3 Å². The van der Waals surface area contributed by atoms with Crippen LogP contribution in [0.4, 0.5) is 0 Å². The highest BCUT2D eigenvalue weighted by molar-refractivity contribution is 7.17. The Morgan fingerprint density at radius 1 is 1.33 bits per heavy atom. The summed E-state index contributed by atoms with van der Waals surface area (Å²) in [7, 11) is 0. The molecule has 4 rings (SSSR count). The highest BCUT2D eigenvalue weighted by Gasteiger charge is 2.21. The molecular formula is C16H14N2O2S. The highest BCUT2D eigenvalue weighted by Crippen LogP contribution is 2.28. The van der Waals surface area contributed by atoms with Gasteiger partial charge < -0.3 is 4.74 Å². The molecule has 0 radical (unpaired) electrons. The van der Waals surface area contributed by atoms with Crippen LogP contribution in [0.1, 0.15) is 17.2 Å². The van der Waals surface area contributed by atoms with Crippen molar-refractivity contribution in [3.8, 4) is 0 Å². The van der Waals surface area contributed by atoms with E-state index in [2.05, 4.69) is 17.1 Å². The van der Waals surface area contributed by atoms with Crippen molar-refractivity contribution >= 4 is 21.6 Å². The van der Waals surface area contributed by atoms with Gasteiger partial charge in [0.15, 0.2) is 0 Å². The standard InChI is InChI=1S/C16H14N2O2S/c19-16-15-13(6-8-21-15)17-10-18(16)9-14-12-4-2-1-3-11(12)5-7-20-14/h1-4,6,8,10,14H,5,7,9H2. The van der Waals surface area contributed by atoms with Crippen LogP contribution >= 0.6 is 11.3 Å². The van der Waals surface area contributed by atoms with E-state index in [-0.39, 0.29) is 11.7 Å². The lowest BCUT2D eigenvalue weighted by atomic mass is 9.97. The number of aromatic nitrogens is 2. The Morgan fingerprint density at radius 3 is 3.19 bits per heavy atom. The van der Waals surface area contributed by atoms with E-state index in [4.69, 9.17) is 4.74 Å². The summed E-state index contributed by atoms with van der Waals surface area (Å²) < 4.78 is 8.24. The SMILES string of the molecule is O=c1c2sccc2ncn1CC1OCCc2ccccc21. The monoisotopic (exact) mass is 298 g/mol. The van der Waals surface area contributed by atoms with Crippen LogP contribution in [0.15, 0.2) is 46.8 Å². The molecule has 1 aromatic carbocycles. The molecule has 0 saturated carbocycles. The average molecular weight is 298 g/mol. The number of rotatable bonds is 2. The third-order valence-corrected chi connectivity index (χ3v) is 4.78. The van der Waals surface area contributed by atoms with E-state index < -0.39 is 0 Å². The molecular weight excluding hydrogens is 284 g/mol. The number of fused-ring (bicyclic) bond motifs is 2. The van der Waals surface area contributed by atoms with Gasteiger partial charge in [-0.3, -0.25) is 9.36 Å². The van der Waals surface area contributed by atoms with E-state index in [1.165, 1.54) is 22.5 Å². The quantitative estimate of drug-likeness (QED) is 0.730. The van der Waals surface area contributed by atoms with Gasteiger partial charge in [0.1, 0.15) is 10.8 Å². The minimum absolute atomic E-state index is 0.0154. The second kappa shape index (κ2) is 5.09. The Kier molecular flexibility index (Phi) is 3.09. The Hall–Kier alpha value is -1.98. The van der Waals surface area contributed by atoms with E-state index in [0.717, 1.165) is 11.9 Å². The molecule has 21 heavy (non-hydrogen) atoms. The third-order valence-electron chi connectivity index (χ3n) is 3.89. The second-order valence-electron chi connectivity index (χ2n) is 5.15. The molecule has 106 valence electrons. The summed E-state index contributed by atoms with van der Waals surface area (Å²) in [6.07, 6.45) is 2.48. The minimum atomic E-state index is -0.0770. The van der Waals surface area contributed by atoms with Gasteiger partial charge >= 0.3 is 0 Å². The zero-order chi connectivity index (χ0) is 14.2. The van der Waals surface area contributed by atoms with Gasteiger partial charge in [-0.1, -0.05) is 24.3 Å². The fourth-order valence-electron chi connectivity index (χ4n) is 2.82. The number of thiophene rings is 1. The maximum atomic E-state index is 12.5. The van der Waals surface area contributed by atoms with Gasteiger partial charge in [0, 0.05) is 0 Å². The van der Waals surface area contributed by atoms with Crippen molar-refractivity contribution < 1.29 is 4.74 Å². The van der Waals surface area contributed by atoms with E-state index >= 15 is 0 Å². The first-order chi connectivity index (χ1) is 10.3. The topological polar surface area (TPSA) is 44.1 Å². The molecule has 3 aromatic rings. The zero-order valence-electron chi connectivity index (χ0n) is 11.4. The number of hydrogen-bond donors (Lipinski definition) is 0. The molecule has 0 fully saturated rings. The molecule has 0 amide bonds. The number of nitrogens with zero attached hydrogens (tertiary/aromatic N) is 2. The van der Waals surface area contributed by atoms with Crippen LogP contribution in [0.5, 0.6) is 0 Å². The first-order valence-corrected chi connectivity index (χ1v) is 7.83. The van der Waals surface area contributed by atoms with Gasteiger partial charge in [0.05, 0.1) is 25.0 Å². The molecule has 1 atom stereocenters. The number of hydrogen-bond acceptors (Lipinski definition) is 4. The molecule has 2 aromatic heterocycles. The zero-order valence-corrected chi connectivity index (χ0v) is 12.2. The van der Waals surface area contributed by atoms with Gasteiger partial charge in [-0.25, -0.2) is 4.98 Å². The maximum absolute atomic E-state index is 12.5. The van der Waals surface area contributed by atoms with E-state index in [1.807, 2.05) is 23.6 Å². The molecule has 0 aliphatic carbocycles. The van der Waals surface area contributed by atoms with Crippen molar-refractivity contribution in [1.29, 1.82) is 0 Å². The Bertz CT molecular complexity index is 853. The second-order valence-corrected chi connectivity index (χ2v) is 6.06. The summed E-state index contributed by atoms with van der Waals surface area (Å²) >= 11 is 1.44. The van der Waals surface area contributed by atoms with Gasteiger partial charge in [-0.2, -0.15) is 0 Å². The van der Waals surface area contributed by atoms with Crippen molar-refractivity contribution in [2.45, 2.75) is 19.1 Å². The summed E-state index contributed by atoms with van der Waals surface area (Å²) in [4.78, 5) is 16.8. The first kappa shape index (κ1) is 12.7. The van der Waals surface area contributed by atoms with Crippen LogP contribution < -0.4 is 5.56 Å². The largest absolute Gasteiger partial charge is 0.371 e. The summed E-state index contributed by atoms with van der Waals surface area (Å²) in [5, 5.41) is 1.90. The van der Waals surface area contributed by atoms with Crippen LogP contribution in [0.25, 0.3) is 10.2 Å². The molecule has 1 aliphatic heterocycles. The Morgan fingerprint density at radius 2 is 2.24 bits per heavy atom. The molecule has 0 N–H and O–H groups in total. The molecule has 4 nitrogen and oxygen atoms in total. The lowest BCUT2D eigenvalue weighted by Gasteiger charge is -2.26. The Labute approximate surface area is 125 Å². The van der Waals surface area contributed by atoms with Crippen LogP contribution in [-0.4, -0.2) is 16.2 Å². The van der Waals surface area contributed by atoms with Crippen LogP contribution in [-0.2, 0) is 17.7 Å². The number of ether oxygens (including phenoxy) is 1. The summed E-state index contributed by atoms with van der Waals surface area (Å²) in [5.74, 6) is 0. The molecule has 0 bridgehead atoms. The lowest BCUT2D eigenvalue weighted by Crippen LogP contribution is -2.27. The summed E-state index contributed by atoms with van der Waals surface area (Å²) in [6.45, 7) is 1.21. The minimum Gasteiger partial charge on any atom is -0.371 e. The van der Waals surface area contributed by atoms with Gasteiger partial charge in [-0.05, 0) is 29.0 Å². The first-order valence-electron chi connectivity index (χ1n) is 6.95. The molecule has 0 saturated heterocycles. The van der Waals surface area contributed by atoms with Gasteiger partial charge in [0.25, 0.3) is 5.56 Å². The van der Waals surface area contributed by atoms with Crippen molar-refractivity contribution in [2.24, 2.45) is 0 Å². The fourth-order valence-corrected chi connectivity index (χ4v) is 3.61. The average Bonchev–Trinajstić information content (AvgIpc) is 3.00. The molecule has 0 spiro atoms. The lowest BCUT2D eigenvalue weighted by molar-refractivity contribution is 0.0299. The third kappa shape index (κ3) is 2.18. The molecule has 3 heterocycles. The Balaban J connectivity index is 1.72. The van der Waals surface area contributed by atoms with Gasteiger partial charge in [0.2, 0.25) is 0 Å². The summed E-state index contributed by atoms with van der Waals surface area (Å²) in [6, 6.07) is 10.2. The van der Waals surface area contributed by atoms with E-state index in [1.54, 1.807) is 10.9 Å². The predicted octanol–water partition coefficient (Wildman–Crippen LogP) is 2.77. The van der Waals surface area contributed by atoms with E-state index in [9.17, 15) is 4.79 Å². The predicted molar refractivity (Wildman–Crippen MR) is 82.7 cm³/mol. The van der Waals surface area contributed by atoms with Crippen LogP contribution in [0, 0.1) is 0 Å². The van der Waals surface area contributed by atoms with Crippen molar-refractivity contribution in [1.82, 2.24) is 9.55 Å². The van der Waals surface area contributed by atoms with Crippen molar-refractivity contribution in [2.75, 3.05) is 6.61 Å². The van der Waals surface area contributed by atoms with Crippen LogP contribution in [0.2, 0.25) is 0 Å². The normalized spacial score (nSPS) is 17.8. The molecule has 5 heteroatoms. The molecule has 1 unspecified atom stereocenters. The van der Waals surface area contributed by atoms with Crippen molar-refractivity contribution in [3.05, 3.63) is 63.5 Å². The highest BCUT2D eigenvalue weighted by atomic mass is 32.1. The fraction of sp³-hybridized carbons (Fsp3) is 0.250. The van der Waals surface area contributed by atoms with Crippen molar-refractivity contribution in [3.63, 3.8) is 0 Å². The smallest absolute Gasteiger partial charge is 0.271 e. The van der Waals surface area contributed by atoms with Crippen LogP contribution in [0.3, 0.4) is 0 Å². The van der Waals surface area contributed by atoms with E-state index in [0.29, 0.717) is 17.9 Å². The summed E-state index contributed by atoms with van der Waals surface area (Å²) in [5.41, 5.74) is 3.28. The maximum Gasteiger partial charge on any atom is 0.271 e.